The summed E-state index contributed by atoms with van der Waals surface area (Å²) in [4.78, 5) is 0. The molecule has 0 aliphatic heterocycles. The highest BCUT2D eigenvalue weighted by atomic mass is 35.5. The maximum absolute atomic E-state index is 12.8. The van der Waals surface area contributed by atoms with Gasteiger partial charge in [0.2, 0.25) is 0 Å². The molecule has 2 nitrogen and oxygen atoms in total. The SMILES string of the molecule is CC(O)(NCc1cccc(C(F)(F)F)c1Cl)c1ccccc1. The standard InChI is InChI=1S/C16H15ClF3NO/c1-15(22,12-7-3-2-4-8-12)21-10-11-6-5-9-13(14(11)17)16(18,19)20/h2-9,21-22H,10H2,1H3. The molecule has 2 rings (SSSR count). The third-order valence-electron chi connectivity index (χ3n) is 3.34. The minimum atomic E-state index is -4.50. The number of nitrogens with one attached hydrogen (secondary N) is 1. The van der Waals surface area contributed by atoms with Crippen LogP contribution >= 0.6 is 11.6 Å². The molecule has 0 bridgehead atoms. The molecule has 22 heavy (non-hydrogen) atoms. The van der Waals surface area contributed by atoms with Crippen LogP contribution in [0.15, 0.2) is 48.5 Å². The quantitative estimate of drug-likeness (QED) is 0.819. The highest BCUT2D eigenvalue weighted by molar-refractivity contribution is 6.32. The molecule has 0 amide bonds. The van der Waals surface area contributed by atoms with Gasteiger partial charge in [-0.3, -0.25) is 5.32 Å². The molecule has 0 aliphatic rings. The minimum Gasteiger partial charge on any atom is -0.372 e. The van der Waals surface area contributed by atoms with Crippen LogP contribution in [0.2, 0.25) is 5.02 Å². The van der Waals surface area contributed by atoms with Crippen molar-refractivity contribution in [2.45, 2.75) is 25.4 Å². The number of hydrogen-bond acceptors (Lipinski definition) is 2. The molecular weight excluding hydrogens is 315 g/mol. The Hall–Kier alpha value is -1.56. The Bertz CT molecular complexity index is 642. The molecule has 2 N–H and O–H groups in total. The van der Waals surface area contributed by atoms with E-state index in [1.807, 2.05) is 6.07 Å². The van der Waals surface area contributed by atoms with Gasteiger partial charge in [-0.05, 0) is 24.1 Å². The normalized spacial score (nSPS) is 14.6. The van der Waals surface area contributed by atoms with Crippen molar-refractivity contribution < 1.29 is 18.3 Å². The lowest BCUT2D eigenvalue weighted by atomic mass is 10.0. The van der Waals surface area contributed by atoms with Gasteiger partial charge in [0.05, 0.1) is 10.6 Å². The van der Waals surface area contributed by atoms with Gasteiger partial charge in [0.25, 0.3) is 0 Å². The van der Waals surface area contributed by atoms with E-state index in [9.17, 15) is 18.3 Å². The lowest BCUT2D eigenvalue weighted by Gasteiger charge is -2.26. The lowest BCUT2D eigenvalue weighted by Crippen LogP contribution is -2.38. The van der Waals surface area contributed by atoms with Crippen LogP contribution in [0.3, 0.4) is 0 Å². The Labute approximate surface area is 131 Å². The fourth-order valence-electron chi connectivity index (χ4n) is 2.07. The van der Waals surface area contributed by atoms with E-state index in [0.29, 0.717) is 5.56 Å². The molecule has 1 unspecified atom stereocenters. The van der Waals surface area contributed by atoms with Crippen LogP contribution in [-0.2, 0) is 18.4 Å². The van der Waals surface area contributed by atoms with E-state index in [4.69, 9.17) is 11.6 Å². The highest BCUT2D eigenvalue weighted by Crippen LogP contribution is 2.36. The number of hydrogen-bond donors (Lipinski definition) is 2. The molecule has 2 aromatic carbocycles. The predicted molar refractivity (Wildman–Crippen MR) is 79.3 cm³/mol. The van der Waals surface area contributed by atoms with Gasteiger partial charge >= 0.3 is 6.18 Å². The van der Waals surface area contributed by atoms with E-state index in [0.717, 1.165) is 6.07 Å². The largest absolute Gasteiger partial charge is 0.417 e. The van der Waals surface area contributed by atoms with Crippen LogP contribution in [0.25, 0.3) is 0 Å². The molecule has 0 heterocycles. The third-order valence-corrected chi connectivity index (χ3v) is 3.79. The first-order chi connectivity index (χ1) is 10.2. The molecule has 0 radical (unpaired) electrons. The zero-order chi connectivity index (χ0) is 16.4. The first kappa shape index (κ1) is 16.8. The Morgan fingerprint density at radius 2 is 1.68 bits per heavy atom. The Kier molecular flexibility index (Phi) is 4.80. The van der Waals surface area contributed by atoms with Crippen LogP contribution in [0.4, 0.5) is 13.2 Å². The minimum absolute atomic E-state index is 0.00461. The third kappa shape index (κ3) is 3.80. The number of rotatable bonds is 4. The molecule has 0 spiro atoms. The summed E-state index contributed by atoms with van der Waals surface area (Å²) in [6.45, 7) is 1.54. The Balaban J connectivity index is 2.19. The van der Waals surface area contributed by atoms with E-state index in [2.05, 4.69) is 5.32 Å². The molecule has 1 atom stereocenters. The van der Waals surface area contributed by atoms with Crippen molar-refractivity contribution in [3.05, 3.63) is 70.2 Å². The van der Waals surface area contributed by atoms with Crippen molar-refractivity contribution in [3.63, 3.8) is 0 Å². The molecule has 0 aromatic heterocycles. The summed E-state index contributed by atoms with van der Waals surface area (Å²) in [6.07, 6.45) is -4.50. The van der Waals surface area contributed by atoms with Crippen molar-refractivity contribution in [1.29, 1.82) is 0 Å². The van der Waals surface area contributed by atoms with Gasteiger partial charge in [-0.1, -0.05) is 54.1 Å². The van der Waals surface area contributed by atoms with Crippen LogP contribution in [-0.4, -0.2) is 5.11 Å². The van der Waals surface area contributed by atoms with Crippen molar-refractivity contribution in [3.8, 4) is 0 Å². The molecular formula is C16H15ClF3NO. The molecule has 0 saturated heterocycles. The molecule has 0 aliphatic carbocycles. The molecule has 6 heteroatoms. The fourth-order valence-corrected chi connectivity index (χ4v) is 2.37. The van der Waals surface area contributed by atoms with Gasteiger partial charge in [-0.15, -0.1) is 0 Å². The summed E-state index contributed by atoms with van der Waals surface area (Å²) in [6, 6.07) is 12.5. The number of aliphatic hydroxyl groups is 1. The van der Waals surface area contributed by atoms with E-state index >= 15 is 0 Å². The lowest BCUT2D eigenvalue weighted by molar-refractivity contribution is -0.137. The zero-order valence-electron chi connectivity index (χ0n) is 11.8. The number of halogens is 4. The van der Waals surface area contributed by atoms with Crippen LogP contribution in [0.1, 0.15) is 23.6 Å². The van der Waals surface area contributed by atoms with Crippen molar-refractivity contribution in [2.24, 2.45) is 0 Å². The first-order valence-corrected chi connectivity index (χ1v) is 6.97. The smallest absolute Gasteiger partial charge is 0.372 e. The topological polar surface area (TPSA) is 32.3 Å². The zero-order valence-corrected chi connectivity index (χ0v) is 12.5. The average molecular weight is 330 g/mol. The summed E-state index contributed by atoms with van der Waals surface area (Å²) < 4.78 is 38.4. The van der Waals surface area contributed by atoms with E-state index in [1.54, 1.807) is 24.3 Å². The summed E-state index contributed by atoms with van der Waals surface area (Å²) in [5.74, 6) is 0. The van der Waals surface area contributed by atoms with Gasteiger partial charge < -0.3 is 5.11 Å². The highest BCUT2D eigenvalue weighted by Gasteiger charge is 2.34. The van der Waals surface area contributed by atoms with Crippen molar-refractivity contribution in [2.75, 3.05) is 0 Å². The maximum atomic E-state index is 12.8. The second kappa shape index (κ2) is 6.28. The number of alkyl halides is 3. The second-order valence-electron chi connectivity index (χ2n) is 5.07. The maximum Gasteiger partial charge on any atom is 0.417 e. The van der Waals surface area contributed by atoms with Crippen molar-refractivity contribution >= 4 is 11.6 Å². The molecule has 118 valence electrons. The van der Waals surface area contributed by atoms with E-state index in [1.165, 1.54) is 19.1 Å². The molecule has 0 saturated carbocycles. The van der Waals surface area contributed by atoms with Crippen molar-refractivity contribution in [1.82, 2.24) is 5.32 Å². The molecule has 2 aromatic rings. The van der Waals surface area contributed by atoms with Crippen LogP contribution in [0, 0.1) is 0 Å². The first-order valence-electron chi connectivity index (χ1n) is 6.59. The second-order valence-corrected chi connectivity index (χ2v) is 5.45. The Morgan fingerprint density at radius 3 is 2.27 bits per heavy atom. The van der Waals surface area contributed by atoms with E-state index < -0.39 is 17.5 Å². The van der Waals surface area contributed by atoms with Gasteiger partial charge in [0.1, 0.15) is 5.72 Å². The summed E-state index contributed by atoms with van der Waals surface area (Å²) in [5, 5.41) is 12.9. The summed E-state index contributed by atoms with van der Waals surface area (Å²) in [7, 11) is 0. The monoisotopic (exact) mass is 329 g/mol. The van der Waals surface area contributed by atoms with E-state index in [-0.39, 0.29) is 17.1 Å². The van der Waals surface area contributed by atoms with Gasteiger partial charge in [-0.2, -0.15) is 13.2 Å². The molecule has 0 fully saturated rings. The van der Waals surface area contributed by atoms with Gasteiger partial charge in [-0.25, -0.2) is 0 Å². The van der Waals surface area contributed by atoms with Gasteiger partial charge in [0.15, 0.2) is 0 Å². The summed E-state index contributed by atoms with van der Waals surface area (Å²) >= 11 is 5.83. The average Bonchev–Trinajstić information content (AvgIpc) is 2.46. The predicted octanol–water partition coefficient (Wildman–Crippen LogP) is 4.31. The summed E-state index contributed by atoms with van der Waals surface area (Å²) in [5.41, 5.74) is -1.38. The van der Waals surface area contributed by atoms with Crippen LogP contribution < -0.4 is 5.32 Å². The fraction of sp³-hybridized carbons (Fsp3) is 0.250. The Morgan fingerprint density at radius 1 is 1.05 bits per heavy atom. The van der Waals surface area contributed by atoms with Gasteiger partial charge in [0, 0.05) is 6.54 Å². The number of benzene rings is 2. The van der Waals surface area contributed by atoms with Crippen LogP contribution in [0.5, 0.6) is 0 Å².